The van der Waals surface area contributed by atoms with Gasteiger partial charge >= 0.3 is 0 Å². The first kappa shape index (κ1) is 28.3. The molecule has 0 aliphatic rings. The van der Waals surface area contributed by atoms with Gasteiger partial charge in [-0.2, -0.15) is 0 Å². The molecule has 10 nitrogen and oxygen atoms in total. The molecule has 2 aromatic carbocycles. The minimum absolute atomic E-state index is 0.0246. The van der Waals surface area contributed by atoms with E-state index >= 15 is 0 Å². The molecule has 0 unspecified atom stereocenters. The lowest BCUT2D eigenvalue weighted by Gasteiger charge is -2.30. The largest absolute Gasteiger partial charge is 0.390 e. The number of hydrogen-bond acceptors (Lipinski definition) is 8. The minimum atomic E-state index is -3.56. The van der Waals surface area contributed by atoms with Crippen LogP contribution in [0, 0.1) is 5.92 Å². The maximum Gasteiger partial charge on any atom is 0.271 e. The number of amides is 2. The second kappa shape index (κ2) is 12.8. The number of nitrogens with one attached hydrogen (secondary N) is 3. The van der Waals surface area contributed by atoms with E-state index in [1.807, 2.05) is 48.5 Å². The molecule has 2 amide bonds. The van der Waals surface area contributed by atoms with Crippen LogP contribution >= 0.6 is 11.3 Å². The predicted molar refractivity (Wildman–Crippen MR) is 141 cm³/mol. The van der Waals surface area contributed by atoms with E-state index in [0.717, 1.165) is 28.7 Å². The predicted octanol–water partition coefficient (Wildman–Crippen LogP) is 1.53. The monoisotopic (exact) mass is 546 g/mol. The quantitative estimate of drug-likeness (QED) is 0.230. The van der Waals surface area contributed by atoms with E-state index in [0.29, 0.717) is 0 Å². The molecule has 12 heteroatoms. The first-order valence-electron chi connectivity index (χ1n) is 11.5. The van der Waals surface area contributed by atoms with Crippen LogP contribution in [-0.2, 0) is 27.8 Å². The van der Waals surface area contributed by atoms with Crippen LogP contribution in [0.15, 0.2) is 66.0 Å². The Bertz CT molecular complexity index is 1280. The minimum Gasteiger partial charge on any atom is -0.390 e. The molecule has 0 bridgehead atoms. The van der Waals surface area contributed by atoms with Crippen molar-refractivity contribution in [1.82, 2.24) is 15.6 Å². The van der Waals surface area contributed by atoms with Crippen molar-refractivity contribution in [2.24, 2.45) is 5.92 Å². The highest BCUT2D eigenvalue weighted by molar-refractivity contribution is 7.92. The van der Waals surface area contributed by atoms with Gasteiger partial charge in [-0.05, 0) is 17.5 Å². The molecule has 37 heavy (non-hydrogen) atoms. The summed E-state index contributed by atoms with van der Waals surface area (Å²) in [6, 6.07) is 17.4. The number of aliphatic hydroxyl groups is 2. The van der Waals surface area contributed by atoms with Crippen molar-refractivity contribution < 1.29 is 28.2 Å². The van der Waals surface area contributed by atoms with Gasteiger partial charge < -0.3 is 20.8 Å². The third-order valence-corrected chi connectivity index (χ3v) is 7.07. The van der Waals surface area contributed by atoms with Gasteiger partial charge in [-0.25, -0.2) is 13.4 Å². The number of benzene rings is 2. The van der Waals surface area contributed by atoms with E-state index < -0.39 is 46.0 Å². The maximum atomic E-state index is 12.9. The van der Waals surface area contributed by atoms with Gasteiger partial charge in [-0.15, -0.1) is 11.3 Å². The molecule has 4 atom stereocenters. The molecule has 1 heterocycles. The highest BCUT2D eigenvalue weighted by Gasteiger charge is 2.35. The van der Waals surface area contributed by atoms with Gasteiger partial charge in [0.25, 0.3) is 5.91 Å². The zero-order valence-corrected chi connectivity index (χ0v) is 22.0. The fourth-order valence-electron chi connectivity index (χ4n) is 3.59. The number of aliphatic hydroxyl groups excluding tert-OH is 2. The topological polar surface area (TPSA) is 158 Å². The van der Waals surface area contributed by atoms with Crippen LogP contribution in [0.3, 0.4) is 0 Å². The molecule has 3 rings (SSSR count). The lowest BCUT2D eigenvalue weighted by molar-refractivity contribution is -0.131. The molecule has 0 fully saturated rings. The van der Waals surface area contributed by atoms with Gasteiger partial charge in [0.15, 0.2) is 5.13 Å². The van der Waals surface area contributed by atoms with Crippen LogP contribution in [0.5, 0.6) is 0 Å². The SMILES string of the molecule is C[C@@H](C(=O)NCc1ccccc1)[C@@H](O)[C@H](O)[C@H](Cc1ccccc1)NC(=O)c1csc(NS(C)(=O)=O)n1. The Kier molecular flexibility index (Phi) is 9.75. The molecule has 198 valence electrons. The number of sulfonamides is 1. The molecular formula is C25H30N4O6S2. The Labute approximate surface area is 219 Å². The average Bonchev–Trinajstić information content (AvgIpc) is 3.33. The molecule has 0 spiro atoms. The summed E-state index contributed by atoms with van der Waals surface area (Å²) in [7, 11) is -3.56. The number of carbonyl (C=O) groups excluding carboxylic acids is 2. The Morgan fingerprint density at radius 3 is 2.16 bits per heavy atom. The standard InChI is InChI=1S/C25H30N4O6S2/c1-16(23(32)26-14-18-11-7-4-8-12-18)21(30)22(31)19(13-17-9-5-3-6-10-17)27-24(33)20-15-36-25(28-20)29-37(2,34)35/h3-12,15-16,19,21-22,30-31H,13-14H2,1-2H3,(H,26,32)(H,27,33)(H,28,29)/t16-,19+,21-,22-/m1/s1. The Hall–Kier alpha value is -3.32. The van der Waals surface area contributed by atoms with Crippen molar-refractivity contribution >= 4 is 38.3 Å². The zero-order chi connectivity index (χ0) is 27.0. The maximum absolute atomic E-state index is 12.9. The molecule has 1 aromatic heterocycles. The summed E-state index contributed by atoms with van der Waals surface area (Å²) in [4.78, 5) is 29.6. The first-order chi connectivity index (χ1) is 17.5. The Morgan fingerprint density at radius 1 is 0.973 bits per heavy atom. The summed E-state index contributed by atoms with van der Waals surface area (Å²) in [6.45, 7) is 1.77. The van der Waals surface area contributed by atoms with Crippen molar-refractivity contribution in [3.63, 3.8) is 0 Å². The van der Waals surface area contributed by atoms with Crippen LogP contribution in [-0.4, -0.2) is 59.9 Å². The van der Waals surface area contributed by atoms with E-state index in [1.54, 1.807) is 12.1 Å². The van der Waals surface area contributed by atoms with Gasteiger partial charge in [0, 0.05) is 11.9 Å². The Balaban J connectivity index is 1.71. The number of rotatable bonds is 12. The van der Waals surface area contributed by atoms with Crippen molar-refractivity contribution in [2.75, 3.05) is 11.0 Å². The highest BCUT2D eigenvalue weighted by Crippen LogP contribution is 2.19. The fraction of sp³-hybridized carbons (Fsp3) is 0.320. The third kappa shape index (κ3) is 8.64. The number of nitrogens with zero attached hydrogens (tertiary/aromatic N) is 1. The molecular weight excluding hydrogens is 516 g/mol. The fourth-order valence-corrected chi connectivity index (χ4v) is 5.13. The van der Waals surface area contributed by atoms with Crippen LogP contribution < -0.4 is 15.4 Å². The normalized spacial score (nSPS) is 14.7. The summed E-state index contributed by atoms with van der Waals surface area (Å²) in [5.74, 6) is -2.08. The van der Waals surface area contributed by atoms with Crippen molar-refractivity contribution in [2.45, 2.75) is 38.1 Å². The van der Waals surface area contributed by atoms with Gasteiger partial charge in [0.1, 0.15) is 11.8 Å². The summed E-state index contributed by atoms with van der Waals surface area (Å²) in [5, 5.41) is 28.7. The zero-order valence-electron chi connectivity index (χ0n) is 20.4. The lowest BCUT2D eigenvalue weighted by atomic mass is 9.90. The summed E-state index contributed by atoms with van der Waals surface area (Å²) in [6.07, 6.45) is -1.84. The van der Waals surface area contributed by atoms with E-state index in [-0.39, 0.29) is 23.8 Å². The second-order valence-electron chi connectivity index (χ2n) is 8.66. The van der Waals surface area contributed by atoms with Crippen LogP contribution in [0.25, 0.3) is 0 Å². The van der Waals surface area contributed by atoms with Crippen molar-refractivity contribution in [3.05, 3.63) is 82.9 Å². The molecule has 5 N–H and O–H groups in total. The molecule has 0 aliphatic heterocycles. The number of carbonyl (C=O) groups is 2. The number of hydrogen-bond donors (Lipinski definition) is 5. The van der Waals surface area contributed by atoms with Crippen molar-refractivity contribution in [1.29, 1.82) is 0 Å². The molecule has 0 aliphatic carbocycles. The van der Waals surface area contributed by atoms with Crippen molar-refractivity contribution in [3.8, 4) is 0 Å². The number of thiazole rings is 1. The van der Waals surface area contributed by atoms with E-state index in [2.05, 4.69) is 20.3 Å². The van der Waals surface area contributed by atoms with Gasteiger partial charge in [0.05, 0.1) is 24.3 Å². The second-order valence-corrected chi connectivity index (χ2v) is 11.3. The summed E-state index contributed by atoms with van der Waals surface area (Å²) >= 11 is 0.936. The number of anilines is 1. The van der Waals surface area contributed by atoms with E-state index in [4.69, 9.17) is 0 Å². The van der Waals surface area contributed by atoms with E-state index in [9.17, 15) is 28.2 Å². The van der Waals surface area contributed by atoms with Gasteiger partial charge in [-0.3, -0.25) is 14.3 Å². The van der Waals surface area contributed by atoms with Crippen LogP contribution in [0.2, 0.25) is 0 Å². The lowest BCUT2D eigenvalue weighted by Crippen LogP contribution is -2.53. The first-order valence-corrected chi connectivity index (χ1v) is 14.3. The number of aromatic nitrogens is 1. The summed E-state index contributed by atoms with van der Waals surface area (Å²) < 4.78 is 25.1. The molecule has 3 aromatic rings. The van der Waals surface area contributed by atoms with Gasteiger partial charge in [0.2, 0.25) is 15.9 Å². The summed E-state index contributed by atoms with van der Waals surface area (Å²) in [5.41, 5.74) is 1.63. The molecule has 0 saturated heterocycles. The smallest absolute Gasteiger partial charge is 0.271 e. The molecule has 0 saturated carbocycles. The van der Waals surface area contributed by atoms with Crippen LogP contribution in [0.4, 0.5) is 5.13 Å². The third-order valence-electron chi connectivity index (χ3n) is 5.62. The molecule has 0 radical (unpaired) electrons. The average molecular weight is 547 g/mol. The Morgan fingerprint density at radius 2 is 1.57 bits per heavy atom. The van der Waals surface area contributed by atoms with Crippen LogP contribution in [0.1, 0.15) is 28.5 Å². The van der Waals surface area contributed by atoms with Gasteiger partial charge in [-0.1, -0.05) is 67.6 Å². The van der Waals surface area contributed by atoms with E-state index in [1.165, 1.54) is 12.3 Å². The highest BCUT2D eigenvalue weighted by atomic mass is 32.2.